The van der Waals surface area contributed by atoms with Gasteiger partial charge in [0.25, 0.3) is 0 Å². The third-order valence-electron chi connectivity index (χ3n) is 4.90. The molecule has 1 aliphatic carbocycles. The second-order valence-electron chi connectivity index (χ2n) is 6.32. The van der Waals surface area contributed by atoms with Crippen molar-refractivity contribution in [3.63, 3.8) is 0 Å². The van der Waals surface area contributed by atoms with Gasteiger partial charge >= 0.3 is 0 Å². The summed E-state index contributed by atoms with van der Waals surface area (Å²) in [5.74, 6) is -0.529. The smallest absolute Gasteiger partial charge is 0.236 e. The summed E-state index contributed by atoms with van der Waals surface area (Å²) in [5.41, 5.74) is -0.321. The Morgan fingerprint density at radius 3 is 2.79 bits per heavy atom. The van der Waals surface area contributed by atoms with Crippen LogP contribution in [0.2, 0.25) is 0 Å². The fraction of sp³-hybridized carbons (Fsp3) is 0.471. The van der Waals surface area contributed by atoms with Gasteiger partial charge in [-0.25, -0.2) is 4.39 Å². The second kappa shape index (κ2) is 6.22. The lowest BCUT2D eigenvalue weighted by Gasteiger charge is -2.40. The Hall–Kier alpha value is -1.86. The molecular weight excluding hydrogens is 329 g/mol. The predicted molar refractivity (Wildman–Crippen MR) is 88.4 cm³/mol. The van der Waals surface area contributed by atoms with Gasteiger partial charge in [0.15, 0.2) is 0 Å². The van der Waals surface area contributed by atoms with Crippen LogP contribution in [-0.4, -0.2) is 22.7 Å². The third kappa shape index (κ3) is 2.61. The van der Waals surface area contributed by atoms with Crippen LogP contribution in [0.5, 0.6) is 0 Å². The molecule has 0 bridgehead atoms. The van der Waals surface area contributed by atoms with Crippen molar-refractivity contribution >= 4 is 22.4 Å². The number of benzene rings is 1. The number of hydrogen-bond donors (Lipinski definition) is 1. The van der Waals surface area contributed by atoms with Crippen molar-refractivity contribution in [2.45, 2.75) is 43.6 Å². The number of amides is 1. The van der Waals surface area contributed by atoms with E-state index in [1.54, 1.807) is 18.2 Å². The Morgan fingerprint density at radius 2 is 2.12 bits per heavy atom. The molecule has 2 aliphatic rings. The van der Waals surface area contributed by atoms with E-state index in [4.69, 9.17) is 4.74 Å². The molecule has 1 saturated carbocycles. The summed E-state index contributed by atoms with van der Waals surface area (Å²) in [5, 5.41) is 12.3. The number of carbonyl (C=O) groups is 1. The van der Waals surface area contributed by atoms with Crippen molar-refractivity contribution in [3.8, 4) is 0 Å². The number of carbonyl (C=O) groups excluding carboxylic acids is 1. The summed E-state index contributed by atoms with van der Waals surface area (Å²) in [7, 11) is 0. The van der Waals surface area contributed by atoms with Crippen LogP contribution in [0.1, 0.15) is 48.8 Å². The maximum Gasteiger partial charge on any atom is 0.236 e. The molecule has 2 aromatic rings. The van der Waals surface area contributed by atoms with Gasteiger partial charge in [-0.2, -0.15) is 0 Å². The topological polar surface area (TPSA) is 64.1 Å². The molecule has 1 saturated heterocycles. The first-order chi connectivity index (χ1) is 11.7. The van der Waals surface area contributed by atoms with Crippen LogP contribution in [0.15, 0.2) is 24.3 Å². The van der Waals surface area contributed by atoms with Crippen molar-refractivity contribution in [1.82, 2.24) is 10.2 Å². The van der Waals surface area contributed by atoms with Gasteiger partial charge in [0, 0.05) is 12.2 Å². The zero-order valence-electron chi connectivity index (χ0n) is 13.1. The highest BCUT2D eigenvalue weighted by Gasteiger charge is 2.47. The van der Waals surface area contributed by atoms with Gasteiger partial charge in [0.2, 0.25) is 11.0 Å². The number of nitrogens with one attached hydrogen (secondary N) is 1. The van der Waals surface area contributed by atoms with Crippen molar-refractivity contribution < 1.29 is 13.9 Å². The fourth-order valence-electron chi connectivity index (χ4n) is 3.40. The highest BCUT2D eigenvalue weighted by Crippen LogP contribution is 2.45. The number of nitrogens with zero attached hydrogens (tertiary/aromatic N) is 2. The van der Waals surface area contributed by atoms with E-state index in [0.717, 1.165) is 30.9 Å². The summed E-state index contributed by atoms with van der Waals surface area (Å²) in [6, 6.07) is 6.52. The van der Waals surface area contributed by atoms with Crippen LogP contribution in [0, 0.1) is 5.82 Å². The molecule has 126 valence electrons. The standard InChI is InChI=1S/C17H18FN3O2S/c18-12-6-2-1-5-11(12)17(8-4-9-17)15(22)19-16-21-20-14(24-16)13-7-3-10-23-13/h1-2,5-6,13H,3-4,7-10H2,(H,19,21,22). The minimum Gasteiger partial charge on any atom is -0.371 e. The van der Waals surface area contributed by atoms with Gasteiger partial charge in [-0.3, -0.25) is 10.1 Å². The number of ether oxygens (including phenoxy) is 1. The van der Waals surface area contributed by atoms with Crippen molar-refractivity contribution in [2.75, 3.05) is 11.9 Å². The number of aromatic nitrogens is 2. The molecular formula is C17H18FN3O2S. The predicted octanol–water partition coefficient (Wildman–Crippen LogP) is 3.59. The van der Waals surface area contributed by atoms with E-state index in [-0.39, 0.29) is 17.8 Å². The molecule has 0 spiro atoms. The monoisotopic (exact) mass is 347 g/mol. The average molecular weight is 347 g/mol. The van der Waals surface area contributed by atoms with Gasteiger partial charge in [0.05, 0.1) is 5.41 Å². The van der Waals surface area contributed by atoms with Crippen molar-refractivity contribution in [3.05, 3.63) is 40.7 Å². The van der Waals surface area contributed by atoms with Gasteiger partial charge < -0.3 is 4.74 Å². The normalized spacial score (nSPS) is 22.1. The van der Waals surface area contributed by atoms with E-state index >= 15 is 0 Å². The Kier molecular flexibility index (Phi) is 4.05. The Bertz CT molecular complexity index is 754. The molecule has 1 unspecified atom stereocenters. The summed E-state index contributed by atoms with van der Waals surface area (Å²) >= 11 is 1.34. The quantitative estimate of drug-likeness (QED) is 0.918. The molecule has 0 radical (unpaired) electrons. The van der Waals surface area contributed by atoms with Gasteiger partial charge in [-0.1, -0.05) is 36.0 Å². The van der Waals surface area contributed by atoms with E-state index in [2.05, 4.69) is 15.5 Å². The molecule has 1 N–H and O–H groups in total. The fourth-order valence-corrected chi connectivity index (χ4v) is 4.23. The van der Waals surface area contributed by atoms with E-state index in [0.29, 0.717) is 23.5 Å². The SMILES string of the molecule is O=C(Nc1nnc(C2CCCO2)s1)C1(c2ccccc2F)CCC1. The van der Waals surface area contributed by atoms with E-state index in [9.17, 15) is 9.18 Å². The van der Waals surface area contributed by atoms with Crippen LogP contribution >= 0.6 is 11.3 Å². The minimum absolute atomic E-state index is 0.0163. The number of halogens is 1. The lowest BCUT2D eigenvalue weighted by atomic mass is 9.63. The Morgan fingerprint density at radius 1 is 1.29 bits per heavy atom. The number of anilines is 1. The first kappa shape index (κ1) is 15.7. The van der Waals surface area contributed by atoms with E-state index in [1.807, 2.05) is 0 Å². The minimum atomic E-state index is -0.791. The van der Waals surface area contributed by atoms with Crippen molar-refractivity contribution in [2.24, 2.45) is 0 Å². The number of rotatable bonds is 4. The zero-order chi connectivity index (χ0) is 16.6. The highest BCUT2D eigenvalue weighted by molar-refractivity contribution is 7.15. The second-order valence-corrected chi connectivity index (χ2v) is 7.33. The van der Waals surface area contributed by atoms with Gasteiger partial charge in [0.1, 0.15) is 16.9 Å². The molecule has 1 amide bonds. The molecule has 2 heterocycles. The molecule has 24 heavy (non-hydrogen) atoms. The van der Waals surface area contributed by atoms with Crippen LogP contribution in [0.4, 0.5) is 9.52 Å². The molecule has 4 rings (SSSR count). The molecule has 1 atom stereocenters. The molecule has 1 aromatic carbocycles. The first-order valence-corrected chi connectivity index (χ1v) is 9.02. The summed E-state index contributed by atoms with van der Waals surface area (Å²) in [6.07, 6.45) is 4.15. The number of hydrogen-bond acceptors (Lipinski definition) is 5. The molecule has 7 heteroatoms. The molecule has 2 fully saturated rings. The molecule has 1 aliphatic heterocycles. The third-order valence-corrected chi connectivity index (χ3v) is 5.83. The van der Waals surface area contributed by atoms with Crippen LogP contribution < -0.4 is 5.32 Å². The van der Waals surface area contributed by atoms with Gasteiger partial charge in [-0.05, 0) is 31.7 Å². The van der Waals surface area contributed by atoms with E-state index in [1.165, 1.54) is 17.4 Å². The molecule has 5 nitrogen and oxygen atoms in total. The summed E-state index contributed by atoms with van der Waals surface area (Å²) in [6.45, 7) is 0.738. The van der Waals surface area contributed by atoms with Crippen LogP contribution in [-0.2, 0) is 14.9 Å². The molecule has 1 aromatic heterocycles. The maximum absolute atomic E-state index is 14.2. The lowest BCUT2D eigenvalue weighted by molar-refractivity contribution is -0.124. The lowest BCUT2D eigenvalue weighted by Crippen LogP contribution is -2.46. The first-order valence-electron chi connectivity index (χ1n) is 8.20. The highest BCUT2D eigenvalue weighted by atomic mass is 32.1. The van der Waals surface area contributed by atoms with Crippen molar-refractivity contribution in [1.29, 1.82) is 0 Å². The zero-order valence-corrected chi connectivity index (χ0v) is 13.9. The van der Waals surface area contributed by atoms with E-state index < -0.39 is 5.41 Å². The average Bonchev–Trinajstić information content (AvgIpc) is 3.19. The Balaban J connectivity index is 1.54. The van der Waals surface area contributed by atoms with Crippen LogP contribution in [0.3, 0.4) is 0 Å². The summed E-state index contributed by atoms with van der Waals surface area (Å²) < 4.78 is 19.8. The maximum atomic E-state index is 14.2. The van der Waals surface area contributed by atoms with Crippen LogP contribution in [0.25, 0.3) is 0 Å². The summed E-state index contributed by atoms with van der Waals surface area (Å²) in [4.78, 5) is 12.8. The largest absolute Gasteiger partial charge is 0.371 e. The Labute approximate surface area is 143 Å². The van der Waals surface area contributed by atoms with Gasteiger partial charge in [-0.15, -0.1) is 10.2 Å².